The Morgan fingerprint density at radius 3 is 2.44 bits per heavy atom. The Labute approximate surface area is 107 Å². The normalized spacial score (nSPS) is 9.56. The standard InChI is InChI=1S/C14H18N2O2/c1-2-9-15-13(17)11-14(18)16-10-8-12-6-4-3-5-7-12/h2-7H,1,8-11H2,(H,15,17)(H,16,18). The molecule has 0 fully saturated rings. The largest absolute Gasteiger partial charge is 0.355 e. The number of hydrogen-bond acceptors (Lipinski definition) is 2. The Morgan fingerprint density at radius 2 is 1.78 bits per heavy atom. The van der Waals surface area contributed by atoms with Gasteiger partial charge in [-0.05, 0) is 12.0 Å². The van der Waals surface area contributed by atoms with Crippen LogP contribution in [0.5, 0.6) is 0 Å². The molecule has 1 aromatic rings. The Morgan fingerprint density at radius 1 is 1.11 bits per heavy atom. The summed E-state index contributed by atoms with van der Waals surface area (Å²) in [6, 6.07) is 9.87. The van der Waals surface area contributed by atoms with Crippen molar-refractivity contribution in [3.8, 4) is 0 Å². The summed E-state index contributed by atoms with van der Waals surface area (Å²) in [5.74, 6) is -0.542. The summed E-state index contributed by atoms with van der Waals surface area (Å²) in [6.45, 7) is 4.40. The van der Waals surface area contributed by atoms with Crippen LogP contribution < -0.4 is 10.6 Å². The van der Waals surface area contributed by atoms with E-state index in [-0.39, 0.29) is 18.2 Å². The molecule has 18 heavy (non-hydrogen) atoms. The van der Waals surface area contributed by atoms with Gasteiger partial charge in [0, 0.05) is 13.1 Å². The van der Waals surface area contributed by atoms with E-state index in [0.717, 1.165) is 12.0 Å². The van der Waals surface area contributed by atoms with Gasteiger partial charge in [0.2, 0.25) is 11.8 Å². The van der Waals surface area contributed by atoms with Crippen LogP contribution >= 0.6 is 0 Å². The average Bonchev–Trinajstić information content (AvgIpc) is 2.37. The molecule has 2 N–H and O–H groups in total. The number of carbonyl (C=O) groups is 2. The van der Waals surface area contributed by atoms with Gasteiger partial charge >= 0.3 is 0 Å². The van der Waals surface area contributed by atoms with E-state index in [1.807, 2.05) is 30.3 Å². The molecule has 4 heteroatoms. The fourth-order valence-corrected chi connectivity index (χ4v) is 1.45. The van der Waals surface area contributed by atoms with E-state index in [1.165, 1.54) is 0 Å². The van der Waals surface area contributed by atoms with Gasteiger partial charge in [-0.15, -0.1) is 6.58 Å². The quantitative estimate of drug-likeness (QED) is 0.558. The van der Waals surface area contributed by atoms with Gasteiger partial charge < -0.3 is 10.6 Å². The maximum absolute atomic E-state index is 11.4. The van der Waals surface area contributed by atoms with Crippen molar-refractivity contribution in [1.29, 1.82) is 0 Å². The second-order valence-corrected chi connectivity index (χ2v) is 3.86. The molecule has 0 atom stereocenters. The van der Waals surface area contributed by atoms with Crippen molar-refractivity contribution in [1.82, 2.24) is 10.6 Å². The molecular formula is C14H18N2O2. The van der Waals surface area contributed by atoms with Crippen LogP contribution in [0, 0.1) is 0 Å². The van der Waals surface area contributed by atoms with Gasteiger partial charge in [0.05, 0.1) is 0 Å². The Kier molecular flexibility index (Phi) is 6.25. The summed E-state index contributed by atoms with van der Waals surface area (Å²) in [5.41, 5.74) is 1.16. The molecule has 1 rings (SSSR count). The monoisotopic (exact) mass is 246 g/mol. The Hall–Kier alpha value is -2.10. The smallest absolute Gasteiger partial charge is 0.229 e. The maximum Gasteiger partial charge on any atom is 0.229 e. The first-order valence-corrected chi connectivity index (χ1v) is 5.90. The molecule has 0 aliphatic rings. The maximum atomic E-state index is 11.4. The van der Waals surface area contributed by atoms with Gasteiger partial charge in [0.15, 0.2) is 0 Å². The lowest BCUT2D eigenvalue weighted by Gasteiger charge is -2.05. The third kappa shape index (κ3) is 5.84. The van der Waals surface area contributed by atoms with Gasteiger partial charge in [0.25, 0.3) is 0 Å². The number of nitrogens with one attached hydrogen (secondary N) is 2. The summed E-state index contributed by atoms with van der Waals surface area (Å²) in [4.78, 5) is 22.6. The molecule has 2 amide bonds. The van der Waals surface area contributed by atoms with Crippen molar-refractivity contribution in [2.24, 2.45) is 0 Å². The fraction of sp³-hybridized carbons (Fsp3) is 0.286. The molecule has 0 aliphatic carbocycles. The summed E-state index contributed by atoms with van der Waals surface area (Å²) < 4.78 is 0. The van der Waals surface area contributed by atoms with Crippen molar-refractivity contribution in [3.05, 3.63) is 48.6 Å². The molecule has 0 aliphatic heterocycles. The molecular weight excluding hydrogens is 228 g/mol. The first-order valence-electron chi connectivity index (χ1n) is 5.90. The third-order valence-electron chi connectivity index (χ3n) is 2.34. The van der Waals surface area contributed by atoms with Crippen molar-refractivity contribution in [3.63, 3.8) is 0 Å². The van der Waals surface area contributed by atoms with E-state index in [0.29, 0.717) is 13.1 Å². The molecule has 0 bridgehead atoms. The minimum atomic E-state index is -0.285. The van der Waals surface area contributed by atoms with Crippen molar-refractivity contribution in [2.75, 3.05) is 13.1 Å². The van der Waals surface area contributed by atoms with E-state index in [1.54, 1.807) is 6.08 Å². The van der Waals surface area contributed by atoms with Gasteiger partial charge in [-0.1, -0.05) is 36.4 Å². The lowest BCUT2D eigenvalue weighted by atomic mass is 10.1. The number of rotatable bonds is 7. The molecule has 0 spiro atoms. The van der Waals surface area contributed by atoms with Crippen LogP contribution in [0.3, 0.4) is 0 Å². The van der Waals surface area contributed by atoms with Crippen molar-refractivity contribution < 1.29 is 9.59 Å². The molecule has 0 radical (unpaired) electrons. The lowest BCUT2D eigenvalue weighted by Crippen LogP contribution is -2.32. The molecule has 0 saturated carbocycles. The summed E-state index contributed by atoms with van der Waals surface area (Å²) in [5, 5.41) is 5.27. The predicted octanol–water partition coefficient (Wildman–Crippen LogP) is 1.04. The summed E-state index contributed by atoms with van der Waals surface area (Å²) in [6.07, 6.45) is 2.20. The highest BCUT2D eigenvalue weighted by Crippen LogP contribution is 1.98. The first-order chi connectivity index (χ1) is 8.72. The summed E-state index contributed by atoms with van der Waals surface area (Å²) >= 11 is 0. The zero-order valence-corrected chi connectivity index (χ0v) is 10.3. The van der Waals surface area contributed by atoms with E-state index in [2.05, 4.69) is 17.2 Å². The molecule has 4 nitrogen and oxygen atoms in total. The minimum absolute atomic E-state index is 0.136. The minimum Gasteiger partial charge on any atom is -0.355 e. The molecule has 96 valence electrons. The highest BCUT2D eigenvalue weighted by Gasteiger charge is 2.07. The number of hydrogen-bond donors (Lipinski definition) is 2. The number of amides is 2. The van der Waals surface area contributed by atoms with Crippen LogP contribution in [0.25, 0.3) is 0 Å². The third-order valence-corrected chi connectivity index (χ3v) is 2.34. The molecule has 0 saturated heterocycles. The van der Waals surface area contributed by atoms with Gasteiger partial charge in [-0.25, -0.2) is 0 Å². The summed E-state index contributed by atoms with van der Waals surface area (Å²) in [7, 11) is 0. The molecule has 0 unspecified atom stereocenters. The second kappa shape index (κ2) is 8.06. The SMILES string of the molecule is C=CCNC(=O)CC(=O)NCCc1ccccc1. The number of benzene rings is 1. The molecule has 1 aromatic carbocycles. The molecule has 0 heterocycles. The lowest BCUT2D eigenvalue weighted by molar-refractivity contribution is -0.129. The van der Waals surface area contributed by atoms with Crippen LogP contribution in [0.2, 0.25) is 0 Å². The van der Waals surface area contributed by atoms with Crippen LogP contribution in [-0.4, -0.2) is 24.9 Å². The van der Waals surface area contributed by atoms with E-state index in [9.17, 15) is 9.59 Å². The van der Waals surface area contributed by atoms with E-state index < -0.39 is 0 Å². The van der Waals surface area contributed by atoms with Gasteiger partial charge in [0.1, 0.15) is 6.42 Å². The van der Waals surface area contributed by atoms with Gasteiger partial charge in [-0.3, -0.25) is 9.59 Å². The first kappa shape index (κ1) is 14.0. The van der Waals surface area contributed by atoms with Crippen molar-refractivity contribution in [2.45, 2.75) is 12.8 Å². The van der Waals surface area contributed by atoms with Crippen LogP contribution in [0.4, 0.5) is 0 Å². The van der Waals surface area contributed by atoms with Crippen molar-refractivity contribution >= 4 is 11.8 Å². The zero-order valence-electron chi connectivity index (χ0n) is 10.3. The van der Waals surface area contributed by atoms with E-state index in [4.69, 9.17) is 0 Å². The van der Waals surface area contributed by atoms with Crippen LogP contribution in [-0.2, 0) is 16.0 Å². The Balaban J connectivity index is 2.17. The number of carbonyl (C=O) groups excluding carboxylic acids is 2. The average molecular weight is 246 g/mol. The van der Waals surface area contributed by atoms with Crippen LogP contribution in [0.15, 0.2) is 43.0 Å². The topological polar surface area (TPSA) is 58.2 Å². The van der Waals surface area contributed by atoms with E-state index >= 15 is 0 Å². The predicted molar refractivity (Wildman–Crippen MR) is 71.0 cm³/mol. The van der Waals surface area contributed by atoms with Gasteiger partial charge in [-0.2, -0.15) is 0 Å². The zero-order chi connectivity index (χ0) is 13.2. The molecule has 0 aromatic heterocycles. The van der Waals surface area contributed by atoms with Crippen LogP contribution in [0.1, 0.15) is 12.0 Å². The highest BCUT2D eigenvalue weighted by atomic mass is 16.2. The Bertz CT molecular complexity index is 402. The fourth-order valence-electron chi connectivity index (χ4n) is 1.45. The second-order valence-electron chi connectivity index (χ2n) is 3.86. The highest BCUT2D eigenvalue weighted by molar-refractivity contribution is 5.96.